The van der Waals surface area contributed by atoms with Crippen molar-refractivity contribution >= 4 is 38.2 Å². The molecule has 2 aromatic heterocycles. The van der Waals surface area contributed by atoms with Gasteiger partial charge in [-0.3, -0.25) is 4.79 Å². The summed E-state index contributed by atoms with van der Waals surface area (Å²) in [4.78, 5) is 13.5. The molecular weight excluding hydrogens is 530 g/mol. The van der Waals surface area contributed by atoms with Crippen molar-refractivity contribution in [2.75, 3.05) is 6.54 Å². The first-order chi connectivity index (χ1) is 18.9. The van der Waals surface area contributed by atoms with Gasteiger partial charge in [0, 0.05) is 30.2 Å². The van der Waals surface area contributed by atoms with Gasteiger partial charge in [0.25, 0.3) is 15.9 Å². The SMILES string of the molecule is O=C(N[C@@H](Cc1ccccc1)[C@H](O)CNCc1ccccc1)c1cccc2c1ccn2S(=O)(=O)c1cccs1. The molecule has 7 nitrogen and oxygen atoms in total. The van der Waals surface area contributed by atoms with E-state index in [1.54, 1.807) is 41.8 Å². The third-order valence-corrected chi connectivity index (χ3v) is 9.62. The summed E-state index contributed by atoms with van der Waals surface area (Å²) in [5, 5.41) is 19.6. The van der Waals surface area contributed by atoms with E-state index < -0.39 is 22.2 Å². The molecule has 0 aliphatic rings. The van der Waals surface area contributed by atoms with Gasteiger partial charge in [-0.15, -0.1) is 11.3 Å². The molecule has 2 heterocycles. The van der Waals surface area contributed by atoms with Crippen LogP contribution in [0.25, 0.3) is 10.9 Å². The van der Waals surface area contributed by atoms with Crippen LogP contribution in [0.15, 0.2) is 113 Å². The highest BCUT2D eigenvalue weighted by molar-refractivity contribution is 7.92. The molecule has 0 spiro atoms. The lowest BCUT2D eigenvalue weighted by atomic mass is 10.00. The lowest BCUT2D eigenvalue weighted by Gasteiger charge is -2.25. The molecule has 200 valence electrons. The third-order valence-electron chi connectivity index (χ3n) is 6.55. The van der Waals surface area contributed by atoms with Crippen molar-refractivity contribution in [1.29, 1.82) is 0 Å². The van der Waals surface area contributed by atoms with Crippen molar-refractivity contribution in [1.82, 2.24) is 14.6 Å². The number of hydrogen-bond acceptors (Lipinski definition) is 6. The Morgan fingerprint density at radius 1 is 0.872 bits per heavy atom. The van der Waals surface area contributed by atoms with Crippen LogP contribution in [0.1, 0.15) is 21.5 Å². The van der Waals surface area contributed by atoms with Gasteiger partial charge < -0.3 is 15.7 Å². The molecule has 9 heteroatoms. The second kappa shape index (κ2) is 12.0. The van der Waals surface area contributed by atoms with E-state index in [4.69, 9.17) is 0 Å². The molecule has 0 fully saturated rings. The van der Waals surface area contributed by atoms with Crippen molar-refractivity contribution in [3.05, 3.63) is 125 Å². The minimum Gasteiger partial charge on any atom is -0.390 e. The smallest absolute Gasteiger partial charge is 0.277 e. The molecule has 0 radical (unpaired) electrons. The van der Waals surface area contributed by atoms with Gasteiger partial charge in [0.2, 0.25) is 0 Å². The number of aromatic nitrogens is 1. The summed E-state index contributed by atoms with van der Waals surface area (Å²) in [7, 11) is -3.78. The maximum atomic E-state index is 13.5. The van der Waals surface area contributed by atoms with E-state index in [1.165, 1.54) is 10.2 Å². The van der Waals surface area contributed by atoms with Gasteiger partial charge in [0.15, 0.2) is 0 Å². The number of carbonyl (C=O) groups excluding carboxylic acids is 1. The normalized spacial score (nSPS) is 13.3. The number of carbonyl (C=O) groups is 1. The van der Waals surface area contributed by atoms with Crippen LogP contribution in [-0.2, 0) is 23.0 Å². The fourth-order valence-electron chi connectivity index (χ4n) is 4.56. The average Bonchev–Trinajstić information content (AvgIpc) is 3.65. The Morgan fingerprint density at radius 3 is 2.28 bits per heavy atom. The van der Waals surface area contributed by atoms with E-state index in [9.17, 15) is 18.3 Å². The number of hydrogen-bond donors (Lipinski definition) is 3. The first-order valence-corrected chi connectivity index (χ1v) is 14.9. The average molecular weight is 560 g/mol. The van der Waals surface area contributed by atoms with E-state index in [2.05, 4.69) is 10.6 Å². The monoisotopic (exact) mass is 559 g/mol. The first kappa shape index (κ1) is 26.8. The van der Waals surface area contributed by atoms with Gasteiger partial charge in [-0.05, 0) is 47.2 Å². The fraction of sp³-hybridized carbons (Fsp3) is 0.167. The summed E-state index contributed by atoms with van der Waals surface area (Å²) >= 11 is 1.14. The number of rotatable bonds is 11. The Bertz CT molecular complexity index is 1630. The highest BCUT2D eigenvalue weighted by Gasteiger charge is 2.25. The zero-order chi connectivity index (χ0) is 27.2. The number of nitrogens with one attached hydrogen (secondary N) is 2. The van der Waals surface area contributed by atoms with Crippen LogP contribution in [-0.4, -0.2) is 42.1 Å². The van der Waals surface area contributed by atoms with Crippen LogP contribution in [0.4, 0.5) is 0 Å². The van der Waals surface area contributed by atoms with Crippen molar-refractivity contribution in [2.24, 2.45) is 0 Å². The minimum absolute atomic E-state index is 0.226. The largest absolute Gasteiger partial charge is 0.390 e. The van der Waals surface area contributed by atoms with Crippen molar-refractivity contribution in [3.63, 3.8) is 0 Å². The molecule has 1 amide bonds. The van der Waals surface area contributed by atoms with Gasteiger partial charge in [0.05, 0.1) is 17.7 Å². The number of aliphatic hydroxyl groups excluding tert-OH is 1. The lowest BCUT2D eigenvalue weighted by Crippen LogP contribution is -2.48. The lowest BCUT2D eigenvalue weighted by molar-refractivity contribution is 0.0831. The zero-order valence-corrected chi connectivity index (χ0v) is 22.7. The number of thiophene rings is 1. The van der Waals surface area contributed by atoms with Crippen LogP contribution in [0.5, 0.6) is 0 Å². The predicted molar refractivity (Wildman–Crippen MR) is 154 cm³/mol. The third kappa shape index (κ3) is 6.12. The van der Waals surface area contributed by atoms with Crippen LogP contribution in [0.2, 0.25) is 0 Å². The summed E-state index contributed by atoms with van der Waals surface area (Å²) in [6.45, 7) is 0.877. The van der Waals surface area contributed by atoms with Gasteiger partial charge in [-0.2, -0.15) is 8.42 Å². The molecule has 0 bridgehead atoms. The van der Waals surface area contributed by atoms with Crippen molar-refractivity contribution in [3.8, 4) is 0 Å². The first-order valence-electron chi connectivity index (χ1n) is 12.6. The fourth-order valence-corrected chi connectivity index (χ4v) is 6.98. The van der Waals surface area contributed by atoms with Crippen LogP contribution < -0.4 is 10.6 Å². The molecule has 0 unspecified atom stereocenters. The molecule has 3 N–H and O–H groups in total. The van der Waals surface area contributed by atoms with Gasteiger partial charge >= 0.3 is 0 Å². The van der Waals surface area contributed by atoms with Gasteiger partial charge in [0.1, 0.15) is 4.21 Å². The predicted octanol–water partition coefficient (Wildman–Crippen LogP) is 4.43. The summed E-state index contributed by atoms with van der Waals surface area (Å²) in [5.41, 5.74) is 2.84. The maximum absolute atomic E-state index is 13.5. The summed E-state index contributed by atoms with van der Waals surface area (Å²) in [6.07, 6.45) is 1.05. The van der Waals surface area contributed by atoms with E-state index in [1.807, 2.05) is 60.7 Å². The molecule has 0 aliphatic carbocycles. The summed E-state index contributed by atoms with van der Waals surface area (Å²) < 4.78 is 27.7. The Labute approximate surface area is 231 Å². The summed E-state index contributed by atoms with van der Waals surface area (Å²) in [6, 6.07) is 28.9. The van der Waals surface area contributed by atoms with E-state index in [-0.39, 0.29) is 16.7 Å². The van der Waals surface area contributed by atoms with Crippen LogP contribution >= 0.6 is 11.3 Å². The van der Waals surface area contributed by atoms with Crippen molar-refractivity contribution < 1.29 is 18.3 Å². The number of amides is 1. The highest BCUT2D eigenvalue weighted by Crippen LogP contribution is 2.27. The topological polar surface area (TPSA) is 100 Å². The molecule has 5 aromatic rings. The number of benzene rings is 3. The van der Waals surface area contributed by atoms with Crippen LogP contribution in [0.3, 0.4) is 0 Å². The van der Waals surface area contributed by atoms with Crippen molar-refractivity contribution in [2.45, 2.75) is 29.3 Å². The van der Waals surface area contributed by atoms with Gasteiger partial charge in [-0.1, -0.05) is 72.8 Å². The Hall–Kier alpha value is -3.76. The molecule has 3 aromatic carbocycles. The highest BCUT2D eigenvalue weighted by atomic mass is 32.2. The van der Waals surface area contributed by atoms with Crippen LogP contribution in [0, 0.1) is 0 Å². The second-order valence-corrected chi connectivity index (χ2v) is 12.2. The standard InChI is InChI=1S/C30H29N3O4S2/c34-28(21-31-20-23-11-5-2-6-12-23)26(19-22-9-3-1-4-10-22)32-30(35)25-13-7-14-27-24(25)16-17-33(27)39(36,37)29-15-8-18-38-29/h1-18,26,28,31,34H,19-21H2,(H,32,35)/t26-,28+/m0/s1. The molecule has 39 heavy (non-hydrogen) atoms. The molecular formula is C30H29N3O4S2. The number of nitrogens with zero attached hydrogens (tertiary/aromatic N) is 1. The zero-order valence-electron chi connectivity index (χ0n) is 21.1. The molecule has 0 saturated carbocycles. The second-order valence-electron chi connectivity index (χ2n) is 9.24. The molecule has 0 saturated heterocycles. The Kier molecular flexibility index (Phi) is 8.23. The quantitative estimate of drug-likeness (QED) is 0.222. The Morgan fingerprint density at radius 2 is 1.59 bits per heavy atom. The molecule has 5 rings (SSSR count). The maximum Gasteiger partial charge on any atom is 0.277 e. The Balaban J connectivity index is 1.37. The number of aliphatic hydroxyl groups is 1. The van der Waals surface area contributed by atoms with Gasteiger partial charge in [-0.25, -0.2) is 3.97 Å². The van der Waals surface area contributed by atoms with E-state index in [0.717, 1.165) is 22.5 Å². The minimum atomic E-state index is -3.78. The summed E-state index contributed by atoms with van der Waals surface area (Å²) in [5.74, 6) is -0.380. The molecule has 0 aliphatic heterocycles. The molecule has 2 atom stereocenters. The van der Waals surface area contributed by atoms with E-state index >= 15 is 0 Å². The van der Waals surface area contributed by atoms with E-state index in [0.29, 0.717) is 29.4 Å². The number of fused-ring (bicyclic) bond motifs is 1.